The molecule has 0 aromatic heterocycles. The molecule has 1 atom stereocenters. The lowest BCUT2D eigenvalue weighted by Crippen LogP contribution is -2.35. The monoisotopic (exact) mass is 284 g/mol. The Hall–Kier alpha value is -1.60. The van der Waals surface area contributed by atoms with Crippen molar-refractivity contribution in [1.29, 1.82) is 0 Å². The molecule has 1 aliphatic rings. The van der Waals surface area contributed by atoms with Crippen molar-refractivity contribution in [2.24, 2.45) is 0 Å². The molecule has 19 heavy (non-hydrogen) atoms. The van der Waals surface area contributed by atoms with Crippen molar-refractivity contribution >= 4 is 21.6 Å². The van der Waals surface area contributed by atoms with Gasteiger partial charge in [0.15, 0.2) is 6.10 Å². The predicted molar refractivity (Wildman–Crippen MR) is 70.6 cm³/mol. The van der Waals surface area contributed by atoms with Crippen molar-refractivity contribution in [3.05, 3.63) is 18.2 Å². The molecule has 1 aromatic carbocycles. The van der Waals surface area contributed by atoms with Crippen molar-refractivity contribution in [2.75, 3.05) is 5.32 Å². The smallest absolute Gasteiger partial charge is 0.265 e. The molecule has 7 heteroatoms. The van der Waals surface area contributed by atoms with E-state index in [2.05, 4.69) is 10.0 Å². The third-order valence-corrected chi connectivity index (χ3v) is 4.24. The Labute approximate surface area is 112 Å². The molecule has 0 spiro atoms. The van der Waals surface area contributed by atoms with Gasteiger partial charge in [0.1, 0.15) is 5.75 Å². The Morgan fingerprint density at radius 1 is 1.37 bits per heavy atom. The van der Waals surface area contributed by atoms with Crippen LogP contribution < -0.4 is 14.8 Å². The van der Waals surface area contributed by atoms with E-state index in [1.807, 2.05) is 0 Å². The van der Waals surface area contributed by atoms with Crippen molar-refractivity contribution < 1.29 is 17.9 Å². The third-order valence-electron chi connectivity index (χ3n) is 2.58. The predicted octanol–water partition coefficient (Wildman–Crippen LogP) is 1.09. The molecule has 1 aliphatic heterocycles. The number of benzene rings is 1. The van der Waals surface area contributed by atoms with Gasteiger partial charge in [-0.1, -0.05) is 0 Å². The summed E-state index contributed by atoms with van der Waals surface area (Å²) >= 11 is 0. The van der Waals surface area contributed by atoms with Gasteiger partial charge < -0.3 is 10.1 Å². The maximum atomic E-state index is 12.0. The van der Waals surface area contributed by atoms with E-state index in [0.717, 1.165) is 0 Å². The number of anilines is 1. The number of ether oxygens (including phenoxy) is 1. The highest BCUT2D eigenvalue weighted by Gasteiger charge is 2.25. The lowest BCUT2D eigenvalue weighted by molar-refractivity contribution is -0.122. The van der Waals surface area contributed by atoms with Crippen LogP contribution in [0.4, 0.5) is 5.69 Å². The molecule has 2 N–H and O–H groups in total. The molecule has 6 nitrogen and oxygen atoms in total. The lowest BCUT2D eigenvalue weighted by Gasteiger charge is -2.23. The van der Waals surface area contributed by atoms with Crippen molar-refractivity contribution in [1.82, 2.24) is 4.72 Å². The van der Waals surface area contributed by atoms with E-state index in [9.17, 15) is 13.2 Å². The maximum absolute atomic E-state index is 12.0. The van der Waals surface area contributed by atoms with Crippen LogP contribution in [0.5, 0.6) is 5.75 Å². The SMILES string of the molecule is CC(C)NS(=O)(=O)c1ccc2c(c1)NC(=O)[C@@H](C)O2. The number of carbonyl (C=O) groups is 1. The molecule has 0 fully saturated rings. The molecule has 2 rings (SSSR count). The minimum Gasteiger partial charge on any atom is -0.479 e. The van der Waals surface area contributed by atoms with Crippen LogP contribution in [0.2, 0.25) is 0 Å². The van der Waals surface area contributed by atoms with E-state index in [0.29, 0.717) is 11.4 Å². The van der Waals surface area contributed by atoms with Gasteiger partial charge in [0.2, 0.25) is 10.0 Å². The average Bonchev–Trinajstić information content (AvgIpc) is 2.28. The summed E-state index contributed by atoms with van der Waals surface area (Å²) < 4.78 is 31.9. The number of nitrogens with one attached hydrogen (secondary N) is 2. The third kappa shape index (κ3) is 2.87. The van der Waals surface area contributed by atoms with E-state index in [4.69, 9.17) is 4.74 Å². The molecule has 1 heterocycles. The maximum Gasteiger partial charge on any atom is 0.265 e. The van der Waals surface area contributed by atoms with Gasteiger partial charge in [-0.05, 0) is 39.0 Å². The van der Waals surface area contributed by atoms with Crippen molar-refractivity contribution in [3.63, 3.8) is 0 Å². The molecular weight excluding hydrogens is 268 g/mol. The van der Waals surface area contributed by atoms with E-state index in [1.165, 1.54) is 12.1 Å². The summed E-state index contributed by atoms with van der Waals surface area (Å²) in [5, 5.41) is 2.62. The summed E-state index contributed by atoms with van der Waals surface area (Å²) in [6.45, 7) is 5.11. The number of fused-ring (bicyclic) bond motifs is 1. The van der Waals surface area contributed by atoms with Gasteiger partial charge in [-0.25, -0.2) is 13.1 Å². The summed E-state index contributed by atoms with van der Waals surface area (Å²) in [5.74, 6) is 0.175. The highest BCUT2D eigenvalue weighted by atomic mass is 32.2. The first kappa shape index (κ1) is 13.8. The molecule has 0 saturated carbocycles. The average molecular weight is 284 g/mol. The van der Waals surface area contributed by atoms with Gasteiger partial charge in [-0.2, -0.15) is 0 Å². The van der Waals surface area contributed by atoms with Gasteiger partial charge >= 0.3 is 0 Å². The van der Waals surface area contributed by atoms with E-state index in [1.54, 1.807) is 26.8 Å². The molecule has 104 valence electrons. The number of carbonyl (C=O) groups excluding carboxylic acids is 1. The fourth-order valence-corrected chi connectivity index (χ4v) is 3.01. The molecule has 0 radical (unpaired) electrons. The van der Waals surface area contributed by atoms with E-state index < -0.39 is 16.1 Å². The second kappa shape index (κ2) is 4.82. The number of sulfonamides is 1. The van der Waals surface area contributed by atoms with E-state index in [-0.39, 0.29) is 16.8 Å². The Kier molecular flexibility index (Phi) is 3.51. The molecule has 0 unspecified atom stereocenters. The van der Waals surface area contributed by atoms with Gasteiger partial charge in [-0.15, -0.1) is 0 Å². The highest BCUT2D eigenvalue weighted by Crippen LogP contribution is 2.31. The number of amides is 1. The van der Waals surface area contributed by atoms with Gasteiger partial charge in [-0.3, -0.25) is 4.79 Å². The van der Waals surface area contributed by atoms with Crippen molar-refractivity contribution in [2.45, 2.75) is 37.8 Å². The molecule has 1 aromatic rings. The fraction of sp³-hybridized carbons (Fsp3) is 0.417. The number of hydrogen-bond acceptors (Lipinski definition) is 4. The summed E-state index contributed by atoms with van der Waals surface area (Å²) in [6, 6.07) is 4.18. The highest BCUT2D eigenvalue weighted by molar-refractivity contribution is 7.89. The molecule has 0 aliphatic carbocycles. The van der Waals surface area contributed by atoms with Gasteiger partial charge in [0, 0.05) is 6.04 Å². The Balaban J connectivity index is 2.37. The van der Waals surface area contributed by atoms with Crippen LogP contribution in [0.25, 0.3) is 0 Å². The minimum absolute atomic E-state index is 0.0957. The minimum atomic E-state index is -3.58. The molecule has 0 bridgehead atoms. The lowest BCUT2D eigenvalue weighted by atomic mass is 10.2. The zero-order chi connectivity index (χ0) is 14.2. The van der Waals surface area contributed by atoms with Crippen LogP contribution in [-0.4, -0.2) is 26.5 Å². The number of rotatable bonds is 3. The Morgan fingerprint density at radius 3 is 2.68 bits per heavy atom. The van der Waals surface area contributed by atoms with Crippen LogP contribution in [0.15, 0.2) is 23.1 Å². The van der Waals surface area contributed by atoms with Crippen LogP contribution in [-0.2, 0) is 14.8 Å². The summed E-state index contributed by atoms with van der Waals surface area (Å²) in [4.78, 5) is 11.6. The second-order valence-electron chi connectivity index (χ2n) is 4.68. The summed E-state index contributed by atoms with van der Waals surface area (Å²) in [5.41, 5.74) is 0.370. The molecule has 1 amide bonds. The van der Waals surface area contributed by atoms with Crippen LogP contribution in [0.1, 0.15) is 20.8 Å². The largest absolute Gasteiger partial charge is 0.479 e. The standard InChI is InChI=1S/C12H16N2O4S/c1-7(2)14-19(16,17)9-4-5-11-10(6-9)13-12(15)8(3)18-11/h4-8,14H,1-3H3,(H,13,15)/t8-/m1/s1. The zero-order valence-corrected chi connectivity index (χ0v) is 11.7. The topological polar surface area (TPSA) is 84.5 Å². The van der Waals surface area contributed by atoms with Gasteiger partial charge in [0.25, 0.3) is 5.91 Å². The van der Waals surface area contributed by atoms with Crippen LogP contribution in [0, 0.1) is 0 Å². The zero-order valence-electron chi connectivity index (χ0n) is 10.9. The first-order valence-electron chi connectivity index (χ1n) is 5.93. The second-order valence-corrected chi connectivity index (χ2v) is 6.40. The normalized spacial score (nSPS) is 18.7. The quantitative estimate of drug-likeness (QED) is 0.870. The molecule has 0 saturated heterocycles. The van der Waals surface area contributed by atoms with Crippen LogP contribution >= 0.6 is 0 Å². The summed E-state index contributed by atoms with van der Waals surface area (Å²) in [7, 11) is -3.58. The fourth-order valence-electron chi connectivity index (χ4n) is 1.73. The first-order valence-corrected chi connectivity index (χ1v) is 7.42. The van der Waals surface area contributed by atoms with Gasteiger partial charge in [0.05, 0.1) is 10.6 Å². The molecular formula is C12H16N2O4S. The number of hydrogen-bond donors (Lipinski definition) is 2. The van der Waals surface area contributed by atoms with Crippen molar-refractivity contribution in [3.8, 4) is 5.75 Å². The van der Waals surface area contributed by atoms with E-state index >= 15 is 0 Å². The Morgan fingerprint density at radius 2 is 2.05 bits per heavy atom. The first-order chi connectivity index (χ1) is 8.79. The summed E-state index contributed by atoms with van der Waals surface area (Å²) in [6.07, 6.45) is -0.580. The van der Waals surface area contributed by atoms with Crippen LogP contribution in [0.3, 0.4) is 0 Å². The Bertz CT molecular complexity index is 610.